The Bertz CT molecular complexity index is 293. The van der Waals surface area contributed by atoms with Gasteiger partial charge in [-0.15, -0.1) is 0 Å². The molecule has 70 valence electrons. The highest BCUT2D eigenvalue weighted by atomic mass is 16.5. The average molecular weight is 184 g/mol. The number of nitrogens with zero attached hydrogens (tertiary/aromatic N) is 1. The lowest BCUT2D eigenvalue weighted by atomic mass is 10.4. The van der Waals surface area contributed by atoms with Crippen LogP contribution >= 0.6 is 0 Å². The molecule has 0 aliphatic rings. The summed E-state index contributed by atoms with van der Waals surface area (Å²) < 4.78 is 8.70. The van der Waals surface area contributed by atoms with Crippen molar-refractivity contribution in [3.63, 3.8) is 0 Å². The van der Waals surface area contributed by atoms with Crippen LogP contribution in [0.1, 0.15) is 5.69 Å². The number of esters is 1. The molecule has 0 aromatic carbocycles. The normalized spacial score (nSPS) is 9.31. The van der Waals surface area contributed by atoms with Gasteiger partial charge in [0.1, 0.15) is 12.0 Å². The van der Waals surface area contributed by atoms with E-state index >= 15 is 0 Å². The van der Waals surface area contributed by atoms with E-state index in [-0.39, 0.29) is 6.54 Å². The molecule has 0 atom stereocenters. The third-order valence-corrected chi connectivity index (χ3v) is 1.29. The molecule has 0 radical (unpaired) electrons. The van der Waals surface area contributed by atoms with Gasteiger partial charge in [-0.2, -0.15) is 0 Å². The highest BCUT2D eigenvalue weighted by molar-refractivity contribution is 6.32. The van der Waals surface area contributed by atoms with E-state index in [9.17, 15) is 9.59 Å². The van der Waals surface area contributed by atoms with Crippen molar-refractivity contribution >= 4 is 11.9 Å². The van der Waals surface area contributed by atoms with Crippen LogP contribution in [-0.2, 0) is 20.9 Å². The van der Waals surface area contributed by atoms with Gasteiger partial charge in [-0.1, -0.05) is 5.16 Å². The molecule has 6 nitrogen and oxygen atoms in total. The van der Waals surface area contributed by atoms with Crippen molar-refractivity contribution in [1.29, 1.82) is 0 Å². The predicted octanol–water partition coefficient (Wildman–Crippen LogP) is -0.536. The number of carbonyl (C=O) groups excluding carboxylic acids is 2. The highest BCUT2D eigenvalue weighted by Gasteiger charge is 2.12. The number of methoxy groups -OCH3 is 1. The van der Waals surface area contributed by atoms with Gasteiger partial charge in [0.25, 0.3) is 0 Å². The summed E-state index contributed by atoms with van der Waals surface area (Å²) >= 11 is 0. The first kappa shape index (κ1) is 9.24. The molecule has 13 heavy (non-hydrogen) atoms. The standard InChI is InChI=1S/C7H8N2O4/c1-12-7(11)6(10)8-4-5-2-3-13-9-5/h2-3H,4H2,1H3,(H,8,10). The lowest BCUT2D eigenvalue weighted by Gasteiger charge is -1.99. The maximum absolute atomic E-state index is 10.8. The van der Waals surface area contributed by atoms with Gasteiger partial charge >= 0.3 is 11.9 Å². The number of hydrogen-bond acceptors (Lipinski definition) is 5. The smallest absolute Gasteiger partial charge is 0.396 e. The highest BCUT2D eigenvalue weighted by Crippen LogP contribution is 1.92. The molecule has 1 N–H and O–H groups in total. The lowest BCUT2D eigenvalue weighted by molar-refractivity contribution is -0.152. The molecule has 0 saturated carbocycles. The van der Waals surface area contributed by atoms with Crippen LogP contribution < -0.4 is 5.32 Å². The Morgan fingerprint density at radius 3 is 3.00 bits per heavy atom. The van der Waals surface area contributed by atoms with Gasteiger partial charge in [0.05, 0.1) is 13.7 Å². The van der Waals surface area contributed by atoms with Gasteiger partial charge in [-0.05, 0) is 0 Å². The molecule has 1 aromatic rings. The second-order valence-corrected chi connectivity index (χ2v) is 2.17. The second-order valence-electron chi connectivity index (χ2n) is 2.17. The Labute approximate surface area is 73.8 Å². The fourth-order valence-corrected chi connectivity index (χ4v) is 0.664. The molecule has 0 aliphatic heterocycles. The molecular weight excluding hydrogens is 176 g/mol. The molecule has 1 aromatic heterocycles. The van der Waals surface area contributed by atoms with E-state index in [1.807, 2.05) is 0 Å². The minimum Gasteiger partial charge on any atom is -0.462 e. The van der Waals surface area contributed by atoms with E-state index in [2.05, 4.69) is 19.7 Å². The fraction of sp³-hybridized carbons (Fsp3) is 0.286. The molecule has 0 bridgehead atoms. The molecule has 0 unspecified atom stereocenters. The maximum atomic E-state index is 10.8. The van der Waals surface area contributed by atoms with Gasteiger partial charge in [-0.25, -0.2) is 4.79 Å². The predicted molar refractivity (Wildman–Crippen MR) is 40.4 cm³/mol. The number of carbonyl (C=O) groups is 2. The summed E-state index contributed by atoms with van der Waals surface area (Å²) in [5.74, 6) is -1.73. The monoisotopic (exact) mass is 184 g/mol. The van der Waals surface area contributed by atoms with E-state index in [4.69, 9.17) is 0 Å². The summed E-state index contributed by atoms with van der Waals surface area (Å²) in [7, 11) is 1.14. The molecule has 1 heterocycles. The third-order valence-electron chi connectivity index (χ3n) is 1.29. The minimum atomic E-state index is -0.927. The molecular formula is C7H8N2O4. The fourth-order valence-electron chi connectivity index (χ4n) is 0.664. The van der Waals surface area contributed by atoms with E-state index in [1.165, 1.54) is 6.26 Å². The summed E-state index contributed by atoms with van der Waals surface area (Å²) in [6.07, 6.45) is 1.37. The summed E-state index contributed by atoms with van der Waals surface area (Å²) in [4.78, 5) is 21.4. The number of nitrogens with one attached hydrogen (secondary N) is 1. The molecule has 0 aliphatic carbocycles. The first-order valence-corrected chi connectivity index (χ1v) is 3.49. The Morgan fingerprint density at radius 2 is 2.46 bits per heavy atom. The Balaban J connectivity index is 2.35. The van der Waals surface area contributed by atoms with Crippen LogP contribution in [0, 0.1) is 0 Å². The Kier molecular flexibility index (Phi) is 3.02. The SMILES string of the molecule is COC(=O)C(=O)NCc1ccon1. The zero-order valence-electron chi connectivity index (χ0n) is 6.94. The zero-order chi connectivity index (χ0) is 9.68. The molecule has 0 fully saturated rings. The van der Waals surface area contributed by atoms with E-state index in [1.54, 1.807) is 6.07 Å². The van der Waals surface area contributed by atoms with E-state index in [0.29, 0.717) is 5.69 Å². The third kappa shape index (κ3) is 2.58. The van der Waals surface area contributed by atoms with Crippen LogP contribution in [0.5, 0.6) is 0 Å². The number of hydrogen-bond donors (Lipinski definition) is 1. The lowest BCUT2D eigenvalue weighted by Crippen LogP contribution is -2.31. The topological polar surface area (TPSA) is 81.4 Å². The second kappa shape index (κ2) is 4.24. The van der Waals surface area contributed by atoms with Gasteiger partial charge in [0.15, 0.2) is 0 Å². The van der Waals surface area contributed by atoms with Crippen molar-refractivity contribution in [1.82, 2.24) is 10.5 Å². The van der Waals surface area contributed by atoms with Gasteiger partial charge < -0.3 is 14.6 Å². The van der Waals surface area contributed by atoms with Crippen molar-refractivity contribution in [2.45, 2.75) is 6.54 Å². The zero-order valence-corrected chi connectivity index (χ0v) is 6.94. The number of aromatic nitrogens is 1. The van der Waals surface area contributed by atoms with Gasteiger partial charge in [-0.3, -0.25) is 4.79 Å². The molecule has 6 heteroatoms. The van der Waals surface area contributed by atoms with Crippen LogP contribution in [-0.4, -0.2) is 24.1 Å². The summed E-state index contributed by atoms with van der Waals surface area (Å²) in [6, 6.07) is 1.58. The molecule has 1 amide bonds. The van der Waals surface area contributed by atoms with Crippen LogP contribution in [0.2, 0.25) is 0 Å². The van der Waals surface area contributed by atoms with Crippen molar-refractivity contribution in [3.05, 3.63) is 18.0 Å². The van der Waals surface area contributed by atoms with Gasteiger partial charge in [0.2, 0.25) is 0 Å². The van der Waals surface area contributed by atoms with Crippen LogP contribution in [0.4, 0.5) is 0 Å². The number of ether oxygens (including phenoxy) is 1. The van der Waals surface area contributed by atoms with Crippen LogP contribution in [0.3, 0.4) is 0 Å². The van der Waals surface area contributed by atoms with Crippen molar-refractivity contribution in [2.75, 3.05) is 7.11 Å². The quantitative estimate of drug-likeness (QED) is 0.493. The maximum Gasteiger partial charge on any atom is 0.396 e. The van der Waals surface area contributed by atoms with Crippen LogP contribution in [0.15, 0.2) is 16.9 Å². The van der Waals surface area contributed by atoms with E-state index < -0.39 is 11.9 Å². The Morgan fingerprint density at radius 1 is 1.69 bits per heavy atom. The summed E-state index contributed by atoms with van der Waals surface area (Å²) in [5.41, 5.74) is 0.539. The summed E-state index contributed by atoms with van der Waals surface area (Å²) in [6.45, 7) is 0.143. The molecule has 0 spiro atoms. The van der Waals surface area contributed by atoms with Crippen molar-refractivity contribution < 1.29 is 18.8 Å². The first-order chi connectivity index (χ1) is 6.24. The molecule has 0 saturated heterocycles. The average Bonchev–Trinajstić information content (AvgIpc) is 2.65. The van der Waals surface area contributed by atoms with Crippen molar-refractivity contribution in [3.8, 4) is 0 Å². The number of amides is 1. The largest absolute Gasteiger partial charge is 0.462 e. The van der Waals surface area contributed by atoms with Crippen LogP contribution in [0.25, 0.3) is 0 Å². The molecule has 1 rings (SSSR count). The minimum absolute atomic E-state index is 0.143. The van der Waals surface area contributed by atoms with Crippen molar-refractivity contribution in [2.24, 2.45) is 0 Å². The van der Waals surface area contributed by atoms with Gasteiger partial charge in [0, 0.05) is 6.07 Å². The Hall–Kier alpha value is -1.85. The van der Waals surface area contributed by atoms with E-state index in [0.717, 1.165) is 7.11 Å². The number of rotatable bonds is 2. The first-order valence-electron chi connectivity index (χ1n) is 3.49. The summed E-state index contributed by atoms with van der Waals surface area (Å²) in [5, 5.41) is 5.83.